The fraction of sp³-hybridized carbons (Fsp3) is 0.0714. The van der Waals surface area contributed by atoms with Gasteiger partial charge in [0.05, 0.1) is 11.8 Å². The largest absolute Gasteiger partial charge is 0.452 e. The van der Waals surface area contributed by atoms with Gasteiger partial charge in [-0.1, -0.05) is 6.07 Å². The van der Waals surface area contributed by atoms with Crippen LogP contribution in [0.4, 0.5) is 0 Å². The molecule has 0 unspecified atom stereocenters. The molecule has 0 atom stereocenters. The van der Waals surface area contributed by atoms with Crippen LogP contribution in [-0.2, 0) is 10.1 Å². The molecule has 5 nitrogen and oxygen atoms in total. The molecule has 3 rings (SSSR count). The molecule has 2 aromatic rings. The van der Waals surface area contributed by atoms with Crippen molar-refractivity contribution in [2.45, 2.75) is 0 Å². The van der Waals surface area contributed by atoms with E-state index in [1.165, 1.54) is 29.5 Å². The molecule has 1 aliphatic rings. The van der Waals surface area contributed by atoms with E-state index in [1.54, 1.807) is 6.08 Å². The van der Waals surface area contributed by atoms with Gasteiger partial charge in [-0.15, -0.1) is 11.3 Å². The van der Waals surface area contributed by atoms with E-state index in [1.807, 2.05) is 17.5 Å². The van der Waals surface area contributed by atoms with Crippen LogP contribution in [0.3, 0.4) is 0 Å². The molecule has 0 N–H and O–H groups in total. The summed E-state index contributed by atoms with van der Waals surface area (Å²) >= 11 is 1.49. The average molecular weight is 322 g/mol. The van der Waals surface area contributed by atoms with E-state index < -0.39 is 10.1 Å². The molecule has 0 radical (unpaired) electrons. The smallest absolute Gasteiger partial charge is 0.306 e. The lowest BCUT2D eigenvalue weighted by Crippen LogP contribution is -2.05. The highest BCUT2D eigenvalue weighted by Gasteiger charge is 2.28. The second-order valence-corrected chi connectivity index (χ2v) is 6.95. The molecule has 0 spiro atoms. The molecule has 108 valence electrons. The van der Waals surface area contributed by atoms with Gasteiger partial charge in [0, 0.05) is 17.0 Å². The first-order chi connectivity index (χ1) is 9.92. The van der Waals surface area contributed by atoms with Gasteiger partial charge >= 0.3 is 10.1 Å². The van der Waals surface area contributed by atoms with E-state index in [-0.39, 0.29) is 17.3 Å². The number of benzene rings is 1. The summed E-state index contributed by atoms with van der Waals surface area (Å²) in [6.45, 7) is 0. The summed E-state index contributed by atoms with van der Waals surface area (Å²) < 4.78 is 32.5. The summed E-state index contributed by atoms with van der Waals surface area (Å²) in [6.07, 6.45) is 2.61. The summed E-state index contributed by atoms with van der Waals surface area (Å²) in [4.78, 5) is 13.1. The number of hydrogen-bond donors (Lipinski definition) is 0. The minimum Gasteiger partial charge on any atom is -0.452 e. The van der Waals surface area contributed by atoms with Gasteiger partial charge < -0.3 is 8.92 Å². The zero-order chi connectivity index (χ0) is 15.0. The molecular formula is C14H10O5S2. The maximum atomic E-state index is 12.2. The van der Waals surface area contributed by atoms with Crippen LogP contribution >= 0.6 is 11.3 Å². The van der Waals surface area contributed by atoms with Crippen LogP contribution in [0, 0.1) is 0 Å². The second-order valence-electron chi connectivity index (χ2n) is 4.40. The first-order valence-electron chi connectivity index (χ1n) is 5.94. The highest BCUT2D eigenvalue weighted by molar-refractivity contribution is 7.86. The number of carbonyl (C=O) groups excluding carboxylic acids is 1. The van der Waals surface area contributed by atoms with Gasteiger partial charge in [-0.2, -0.15) is 8.42 Å². The molecule has 0 saturated carbocycles. The minimum absolute atomic E-state index is 0.112. The molecule has 1 aromatic carbocycles. The summed E-state index contributed by atoms with van der Waals surface area (Å²) in [7, 11) is -3.62. The van der Waals surface area contributed by atoms with Crippen molar-refractivity contribution in [2.75, 3.05) is 6.26 Å². The Morgan fingerprint density at radius 3 is 2.76 bits per heavy atom. The monoisotopic (exact) mass is 322 g/mol. The first-order valence-corrected chi connectivity index (χ1v) is 8.63. The first kappa shape index (κ1) is 13.8. The summed E-state index contributed by atoms with van der Waals surface area (Å²) in [5, 5.41) is 1.90. The molecule has 0 bridgehead atoms. The third kappa shape index (κ3) is 2.98. The van der Waals surface area contributed by atoms with Crippen LogP contribution in [0.25, 0.3) is 6.08 Å². The van der Waals surface area contributed by atoms with Gasteiger partial charge in [0.25, 0.3) is 0 Å². The molecule has 0 fully saturated rings. The Hall–Kier alpha value is -2.12. The molecule has 1 aromatic heterocycles. The number of ketones is 1. The predicted molar refractivity (Wildman–Crippen MR) is 79.2 cm³/mol. The van der Waals surface area contributed by atoms with E-state index >= 15 is 0 Å². The minimum atomic E-state index is -3.62. The van der Waals surface area contributed by atoms with Gasteiger partial charge in [-0.3, -0.25) is 4.79 Å². The topological polar surface area (TPSA) is 69.7 Å². The van der Waals surface area contributed by atoms with Crippen molar-refractivity contribution in [3.8, 4) is 11.5 Å². The number of allylic oxidation sites excluding steroid dienone is 1. The summed E-state index contributed by atoms with van der Waals surface area (Å²) in [5.41, 5.74) is 0.388. The van der Waals surface area contributed by atoms with E-state index in [0.717, 1.165) is 11.1 Å². The Bertz CT molecular complexity index is 832. The number of rotatable bonds is 3. The number of carbonyl (C=O) groups is 1. The van der Waals surface area contributed by atoms with Crippen molar-refractivity contribution < 1.29 is 22.1 Å². The standard InChI is InChI=1S/C14H10O5S2/c1-21(16,17)19-9-4-5-11-12(7-9)18-13(14(11)15)8-10-3-2-6-20-10/h2-8H,1H3/b13-8-. The van der Waals surface area contributed by atoms with E-state index in [9.17, 15) is 13.2 Å². The molecular weight excluding hydrogens is 312 g/mol. The second kappa shape index (κ2) is 5.01. The third-order valence-electron chi connectivity index (χ3n) is 2.71. The Balaban J connectivity index is 1.93. The molecule has 7 heteroatoms. The van der Waals surface area contributed by atoms with E-state index in [4.69, 9.17) is 8.92 Å². The SMILES string of the molecule is CS(=O)(=O)Oc1ccc2c(c1)O/C(=C\c1cccs1)C2=O. The molecule has 21 heavy (non-hydrogen) atoms. The van der Waals surface area contributed by atoms with Crippen LogP contribution in [0.1, 0.15) is 15.2 Å². The van der Waals surface area contributed by atoms with Gasteiger partial charge in [0.1, 0.15) is 11.5 Å². The lowest BCUT2D eigenvalue weighted by Gasteiger charge is -2.03. The maximum absolute atomic E-state index is 12.2. The van der Waals surface area contributed by atoms with Crippen molar-refractivity contribution in [1.82, 2.24) is 0 Å². The van der Waals surface area contributed by atoms with Crippen molar-refractivity contribution in [3.63, 3.8) is 0 Å². The normalized spacial score (nSPS) is 15.9. The number of fused-ring (bicyclic) bond motifs is 1. The Labute approximate surface area is 125 Å². The lowest BCUT2D eigenvalue weighted by molar-refractivity contribution is 0.101. The molecule has 0 saturated heterocycles. The predicted octanol–water partition coefficient (Wildman–Crippen LogP) is 2.70. The van der Waals surface area contributed by atoms with Crippen molar-refractivity contribution in [1.29, 1.82) is 0 Å². The average Bonchev–Trinajstić information content (AvgIpc) is 2.98. The zero-order valence-corrected chi connectivity index (χ0v) is 12.5. The van der Waals surface area contributed by atoms with Crippen molar-refractivity contribution in [2.24, 2.45) is 0 Å². The zero-order valence-electron chi connectivity index (χ0n) is 10.9. The van der Waals surface area contributed by atoms with Crippen LogP contribution in [0.15, 0.2) is 41.5 Å². The highest BCUT2D eigenvalue weighted by Crippen LogP contribution is 2.35. The van der Waals surface area contributed by atoms with E-state index in [0.29, 0.717) is 11.3 Å². The van der Waals surface area contributed by atoms with Gasteiger partial charge in [-0.05, 0) is 23.6 Å². The van der Waals surface area contributed by atoms with Crippen LogP contribution in [0.5, 0.6) is 11.5 Å². The Morgan fingerprint density at radius 2 is 2.10 bits per heavy atom. The molecule has 1 aliphatic heterocycles. The van der Waals surface area contributed by atoms with Crippen molar-refractivity contribution in [3.05, 3.63) is 51.9 Å². The van der Waals surface area contributed by atoms with Gasteiger partial charge in [-0.25, -0.2) is 0 Å². The van der Waals surface area contributed by atoms with Gasteiger partial charge in [0.15, 0.2) is 5.76 Å². The van der Waals surface area contributed by atoms with Crippen molar-refractivity contribution >= 4 is 33.3 Å². The molecule has 0 amide bonds. The number of thiophene rings is 1. The quantitative estimate of drug-likeness (QED) is 0.642. The fourth-order valence-corrected chi connectivity index (χ4v) is 3.00. The Morgan fingerprint density at radius 1 is 1.29 bits per heavy atom. The van der Waals surface area contributed by atoms with Crippen LogP contribution in [0.2, 0.25) is 0 Å². The fourth-order valence-electron chi connectivity index (χ4n) is 1.90. The van der Waals surface area contributed by atoms with Crippen LogP contribution in [-0.4, -0.2) is 20.5 Å². The van der Waals surface area contributed by atoms with Crippen LogP contribution < -0.4 is 8.92 Å². The Kier molecular flexibility index (Phi) is 3.30. The highest BCUT2D eigenvalue weighted by atomic mass is 32.2. The van der Waals surface area contributed by atoms with E-state index in [2.05, 4.69) is 0 Å². The summed E-state index contributed by atoms with van der Waals surface area (Å²) in [5.74, 6) is 0.388. The van der Waals surface area contributed by atoms with Gasteiger partial charge in [0.2, 0.25) is 5.78 Å². The number of ether oxygens (including phenoxy) is 1. The molecule has 0 aliphatic carbocycles. The number of Topliss-reactive ketones (excluding diaryl/α,β-unsaturated/α-hetero) is 1. The summed E-state index contributed by atoms with van der Waals surface area (Å²) in [6, 6.07) is 8.06. The number of hydrogen-bond acceptors (Lipinski definition) is 6. The lowest BCUT2D eigenvalue weighted by atomic mass is 10.1. The third-order valence-corrected chi connectivity index (χ3v) is 4.02. The maximum Gasteiger partial charge on any atom is 0.306 e. The molecule has 2 heterocycles.